The van der Waals surface area contributed by atoms with Crippen LogP contribution in [0.15, 0.2) is 60.8 Å². The molecular formula is C23H26N4O3. The van der Waals surface area contributed by atoms with Crippen molar-refractivity contribution < 1.29 is 14.3 Å². The molecule has 2 heterocycles. The van der Waals surface area contributed by atoms with Gasteiger partial charge in [-0.1, -0.05) is 42.5 Å². The fraction of sp³-hybridized carbons (Fsp3) is 0.304. The van der Waals surface area contributed by atoms with Crippen molar-refractivity contribution in [3.05, 3.63) is 71.9 Å². The number of aromatic amines is 1. The van der Waals surface area contributed by atoms with Gasteiger partial charge in [0, 0.05) is 31.7 Å². The number of nitrogens with zero attached hydrogens (tertiary/aromatic N) is 2. The van der Waals surface area contributed by atoms with E-state index in [1.54, 1.807) is 6.20 Å². The lowest BCUT2D eigenvalue weighted by atomic mass is 10.1. The normalized spacial score (nSPS) is 14.4. The Bertz CT molecular complexity index is 952. The molecule has 30 heavy (non-hydrogen) atoms. The molecule has 0 unspecified atom stereocenters. The van der Waals surface area contributed by atoms with Gasteiger partial charge < -0.3 is 14.8 Å². The van der Waals surface area contributed by atoms with Crippen LogP contribution in [0.3, 0.4) is 0 Å². The van der Waals surface area contributed by atoms with Crippen LogP contribution >= 0.6 is 0 Å². The standard InChI is InChI=1S/C23H26N4O3/c28-23(21-17-25-26-22(21)19-6-2-1-3-7-19)24-16-18-5-4-8-20(15-18)30-14-11-27-9-12-29-13-10-27/h1-8,15,17H,9-14,16H2,(H,24,28)(H,25,26). The lowest BCUT2D eigenvalue weighted by Crippen LogP contribution is -2.38. The second kappa shape index (κ2) is 10.0. The molecule has 7 nitrogen and oxygen atoms in total. The van der Waals surface area contributed by atoms with Crippen LogP contribution in [-0.4, -0.2) is 60.5 Å². The first-order chi connectivity index (χ1) is 14.8. The summed E-state index contributed by atoms with van der Waals surface area (Å²) < 4.78 is 11.3. The van der Waals surface area contributed by atoms with Crippen molar-refractivity contribution in [2.75, 3.05) is 39.5 Å². The third-order valence-corrected chi connectivity index (χ3v) is 5.08. The Morgan fingerprint density at radius 1 is 1.13 bits per heavy atom. The molecule has 7 heteroatoms. The van der Waals surface area contributed by atoms with Crippen LogP contribution in [0.2, 0.25) is 0 Å². The second-order valence-electron chi connectivity index (χ2n) is 7.16. The van der Waals surface area contributed by atoms with Gasteiger partial charge in [0.2, 0.25) is 0 Å². The minimum atomic E-state index is -0.166. The number of amides is 1. The zero-order valence-electron chi connectivity index (χ0n) is 16.8. The van der Waals surface area contributed by atoms with Crippen LogP contribution in [0, 0.1) is 0 Å². The van der Waals surface area contributed by atoms with Gasteiger partial charge in [-0.3, -0.25) is 14.8 Å². The zero-order valence-corrected chi connectivity index (χ0v) is 16.8. The Morgan fingerprint density at radius 2 is 1.97 bits per heavy atom. The number of hydrogen-bond donors (Lipinski definition) is 2. The topological polar surface area (TPSA) is 79.5 Å². The molecule has 0 saturated carbocycles. The Hall–Kier alpha value is -3.16. The van der Waals surface area contributed by atoms with E-state index in [-0.39, 0.29) is 5.91 Å². The number of ether oxygens (including phenoxy) is 2. The monoisotopic (exact) mass is 406 g/mol. The smallest absolute Gasteiger partial charge is 0.255 e. The molecule has 2 aromatic carbocycles. The summed E-state index contributed by atoms with van der Waals surface area (Å²) in [4.78, 5) is 15.0. The fourth-order valence-corrected chi connectivity index (χ4v) is 3.42. The molecule has 156 valence electrons. The molecule has 1 aliphatic heterocycles. The maximum Gasteiger partial charge on any atom is 0.255 e. The van der Waals surface area contributed by atoms with Gasteiger partial charge in [0.1, 0.15) is 12.4 Å². The quantitative estimate of drug-likeness (QED) is 0.601. The summed E-state index contributed by atoms with van der Waals surface area (Å²) in [6.45, 7) is 5.41. The molecular weight excluding hydrogens is 380 g/mol. The third kappa shape index (κ3) is 5.25. The minimum Gasteiger partial charge on any atom is -0.492 e. The zero-order chi connectivity index (χ0) is 20.6. The van der Waals surface area contributed by atoms with Gasteiger partial charge >= 0.3 is 0 Å². The fourth-order valence-electron chi connectivity index (χ4n) is 3.42. The van der Waals surface area contributed by atoms with E-state index < -0.39 is 0 Å². The highest BCUT2D eigenvalue weighted by Gasteiger charge is 2.15. The predicted octanol–water partition coefficient (Wildman–Crippen LogP) is 2.72. The molecule has 2 N–H and O–H groups in total. The van der Waals surface area contributed by atoms with E-state index in [1.165, 1.54) is 0 Å². The summed E-state index contributed by atoms with van der Waals surface area (Å²) in [5.41, 5.74) is 3.15. The third-order valence-electron chi connectivity index (χ3n) is 5.08. The van der Waals surface area contributed by atoms with Gasteiger partial charge in [-0.05, 0) is 17.7 Å². The number of rotatable bonds is 8. The number of carbonyl (C=O) groups is 1. The van der Waals surface area contributed by atoms with Crippen molar-refractivity contribution in [2.24, 2.45) is 0 Å². The van der Waals surface area contributed by atoms with E-state index in [1.807, 2.05) is 54.6 Å². The number of hydrogen-bond acceptors (Lipinski definition) is 5. The van der Waals surface area contributed by atoms with Crippen molar-refractivity contribution in [1.82, 2.24) is 20.4 Å². The van der Waals surface area contributed by atoms with Gasteiger partial charge in [-0.25, -0.2) is 0 Å². The van der Waals surface area contributed by atoms with Gasteiger partial charge in [-0.15, -0.1) is 0 Å². The van der Waals surface area contributed by atoms with Crippen LogP contribution in [0.25, 0.3) is 11.3 Å². The van der Waals surface area contributed by atoms with E-state index in [9.17, 15) is 4.79 Å². The van der Waals surface area contributed by atoms with Crippen LogP contribution < -0.4 is 10.1 Å². The molecule has 1 amide bonds. The molecule has 0 atom stereocenters. The predicted molar refractivity (Wildman–Crippen MR) is 114 cm³/mol. The lowest BCUT2D eigenvalue weighted by molar-refractivity contribution is 0.0322. The van der Waals surface area contributed by atoms with Crippen molar-refractivity contribution in [2.45, 2.75) is 6.54 Å². The minimum absolute atomic E-state index is 0.166. The molecule has 1 saturated heterocycles. The molecule has 1 aromatic heterocycles. The lowest BCUT2D eigenvalue weighted by Gasteiger charge is -2.26. The largest absolute Gasteiger partial charge is 0.492 e. The second-order valence-corrected chi connectivity index (χ2v) is 7.16. The first-order valence-electron chi connectivity index (χ1n) is 10.2. The highest BCUT2D eigenvalue weighted by Crippen LogP contribution is 2.20. The van der Waals surface area contributed by atoms with Crippen LogP contribution in [0.1, 0.15) is 15.9 Å². The highest BCUT2D eigenvalue weighted by molar-refractivity contribution is 5.99. The number of benzene rings is 2. The summed E-state index contributed by atoms with van der Waals surface area (Å²) in [7, 11) is 0. The number of H-pyrrole nitrogens is 1. The van der Waals surface area contributed by atoms with Crippen molar-refractivity contribution in [3.8, 4) is 17.0 Å². The Labute approximate surface area is 176 Å². The summed E-state index contributed by atoms with van der Waals surface area (Å²) in [5, 5.41) is 9.93. The average Bonchev–Trinajstić information content (AvgIpc) is 3.29. The number of nitrogens with one attached hydrogen (secondary N) is 2. The molecule has 1 fully saturated rings. The number of aromatic nitrogens is 2. The SMILES string of the molecule is O=C(NCc1cccc(OCCN2CCOCC2)c1)c1cn[nH]c1-c1ccccc1. The Balaban J connectivity index is 1.30. The first-order valence-corrected chi connectivity index (χ1v) is 10.2. The van der Waals surface area contributed by atoms with E-state index in [4.69, 9.17) is 9.47 Å². The highest BCUT2D eigenvalue weighted by atomic mass is 16.5. The average molecular weight is 406 g/mol. The maximum absolute atomic E-state index is 12.7. The summed E-state index contributed by atoms with van der Waals surface area (Å²) >= 11 is 0. The van der Waals surface area contributed by atoms with Crippen molar-refractivity contribution >= 4 is 5.91 Å². The summed E-state index contributed by atoms with van der Waals surface area (Å²) in [6.07, 6.45) is 1.56. The molecule has 0 bridgehead atoms. The maximum atomic E-state index is 12.7. The van der Waals surface area contributed by atoms with E-state index in [2.05, 4.69) is 20.4 Å². The first kappa shape index (κ1) is 20.1. The van der Waals surface area contributed by atoms with Crippen molar-refractivity contribution in [1.29, 1.82) is 0 Å². The van der Waals surface area contributed by atoms with Crippen molar-refractivity contribution in [3.63, 3.8) is 0 Å². The van der Waals surface area contributed by atoms with Crippen LogP contribution in [0.4, 0.5) is 0 Å². The van der Waals surface area contributed by atoms with Gasteiger partial charge in [0.15, 0.2) is 0 Å². The molecule has 0 radical (unpaired) electrons. The molecule has 4 rings (SSSR count). The van der Waals surface area contributed by atoms with Crippen LogP contribution in [-0.2, 0) is 11.3 Å². The Morgan fingerprint density at radius 3 is 2.80 bits per heavy atom. The van der Waals surface area contributed by atoms with E-state index in [0.717, 1.165) is 49.7 Å². The molecule has 0 spiro atoms. The van der Waals surface area contributed by atoms with Gasteiger partial charge in [-0.2, -0.15) is 5.10 Å². The molecule has 3 aromatic rings. The van der Waals surface area contributed by atoms with E-state index >= 15 is 0 Å². The molecule has 0 aliphatic carbocycles. The van der Waals surface area contributed by atoms with Gasteiger partial charge in [0.05, 0.1) is 30.7 Å². The summed E-state index contributed by atoms with van der Waals surface area (Å²) in [5.74, 6) is 0.643. The summed E-state index contributed by atoms with van der Waals surface area (Å²) in [6, 6.07) is 17.5. The van der Waals surface area contributed by atoms with Gasteiger partial charge in [0.25, 0.3) is 5.91 Å². The Kier molecular flexibility index (Phi) is 6.74. The van der Waals surface area contributed by atoms with E-state index in [0.29, 0.717) is 24.4 Å². The van der Waals surface area contributed by atoms with Crippen LogP contribution in [0.5, 0.6) is 5.75 Å². The number of morpholine rings is 1. The number of carbonyl (C=O) groups excluding carboxylic acids is 1. The molecule has 1 aliphatic rings.